The van der Waals surface area contributed by atoms with Crippen LogP contribution in [0.1, 0.15) is 58.0 Å². The van der Waals surface area contributed by atoms with Crippen molar-refractivity contribution in [3.8, 4) is 5.75 Å². The van der Waals surface area contributed by atoms with Gasteiger partial charge >= 0.3 is 5.97 Å². The first-order valence-corrected chi connectivity index (χ1v) is 14.4. The number of hydrogen-bond donors (Lipinski definition) is 1. The predicted molar refractivity (Wildman–Crippen MR) is 147 cm³/mol. The Balaban J connectivity index is 1.41. The summed E-state index contributed by atoms with van der Waals surface area (Å²) < 4.78 is 12.9. The number of carbonyl (C=O) groups excluding carboxylic acids is 2. The van der Waals surface area contributed by atoms with Gasteiger partial charge < -0.3 is 19.4 Å². The molecule has 11 heteroatoms. The van der Waals surface area contributed by atoms with Crippen molar-refractivity contribution in [1.29, 1.82) is 0 Å². The van der Waals surface area contributed by atoms with Crippen molar-refractivity contribution in [2.45, 2.75) is 65.3 Å². The van der Waals surface area contributed by atoms with Crippen molar-refractivity contribution in [2.75, 3.05) is 18.2 Å². The van der Waals surface area contributed by atoms with Crippen LogP contribution in [0.4, 0.5) is 5.00 Å². The van der Waals surface area contributed by atoms with Gasteiger partial charge in [0.25, 0.3) is 0 Å². The van der Waals surface area contributed by atoms with Crippen molar-refractivity contribution in [3.63, 3.8) is 0 Å². The van der Waals surface area contributed by atoms with Gasteiger partial charge in [-0.3, -0.25) is 4.79 Å². The highest BCUT2D eigenvalue weighted by molar-refractivity contribution is 7.99. The molecule has 0 radical (unpaired) electrons. The minimum absolute atomic E-state index is 0.133. The number of methoxy groups -OCH3 is 1. The van der Waals surface area contributed by atoms with Crippen LogP contribution in [-0.2, 0) is 35.5 Å². The van der Waals surface area contributed by atoms with E-state index in [1.807, 2.05) is 37.5 Å². The second-order valence-corrected chi connectivity index (χ2v) is 11.6. The van der Waals surface area contributed by atoms with E-state index < -0.39 is 5.97 Å². The first kappa shape index (κ1) is 27.5. The molecule has 198 valence electrons. The number of aryl methyl sites for hydroxylation is 2. The standard InChI is InChI=1S/C26H31ClN4O4S2/c1-6-31-20(12-35-17-10-15(3)23(27)16(4)11-17)29-30-26(31)36-13-21(32)28-24-22(25(33)34-5)18-8-7-14(2)9-19(18)37-24/h10-11,14H,6-9,12-13H2,1-5H3,(H,28,32). The van der Waals surface area contributed by atoms with Gasteiger partial charge in [0.15, 0.2) is 11.0 Å². The number of carbonyl (C=O) groups is 2. The lowest BCUT2D eigenvalue weighted by atomic mass is 9.88. The van der Waals surface area contributed by atoms with Gasteiger partial charge in [0.05, 0.1) is 18.4 Å². The van der Waals surface area contributed by atoms with Gasteiger partial charge in [-0.1, -0.05) is 30.3 Å². The summed E-state index contributed by atoms with van der Waals surface area (Å²) in [6.07, 6.45) is 2.75. The molecule has 3 aromatic rings. The zero-order valence-corrected chi connectivity index (χ0v) is 24.0. The number of amides is 1. The Kier molecular flexibility index (Phi) is 8.82. The zero-order valence-electron chi connectivity index (χ0n) is 21.6. The average Bonchev–Trinajstić information content (AvgIpc) is 3.43. The van der Waals surface area contributed by atoms with Crippen LogP contribution in [0, 0.1) is 19.8 Å². The van der Waals surface area contributed by atoms with Crippen LogP contribution in [0.25, 0.3) is 0 Å². The number of thioether (sulfide) groups is 1. The fourth-order valence-corrected chi connectivity index (χ4v) is 6.78. The molecule has 1 atom stereocenters. The molecule has 0 saturated heterocycles. The maximum atomic E-state index is 12.9. The summed E-state index contributed by atoms with van der Waals surface area (Å²) in [6.45, 7) is 8.96. The number of rotatable bonds is 9. The number of anilines is 1. The monoisotopic (exact) mass is 562 g/mol. The lowest BCUT2D eigenvalue weighted by molar-refractivity contribution is -0.113. The van der Waals surface area contributed by atoms with E-state index in [1.54, 1.807) is 0 Å². The molecule has 4 rings (SSSR count). The fourth-order valence-electron chi connectivity index (χ4n) is 4.44. The quantitative estimate of drug-likeness (QED) is 0.258. The predicted octanol–water partition coefficient (Wildman–Crippen LogP) is 5.85. The number of ether oxygens (including phenoxy) is 2. The van der Waals surface area contributed by atoms with Crippen molar-refractivity contribution in [2.24, 2.45) is 5.92 Å². The molecule has 0 aliphatic heterocycles. The molecule has 2 heterocycles. The third-order valence-corrected chi connectivity index (χ3v) is 9.11. The molecule has 1 aliphatic rings. The second-order valence-electron chi connectivity index (χ2n) is 9.19. The van der Waals surface area contributed by atoms with E-state index in [0.29, 0.717) is 39.8 Å². The molecule has 0 spiro atoms. The number of fused-ring (bicyclic) bond motifs is 1. The highest BCUT2D eigenvalue weighted by atomic mass is 35.5. The first-order chi connectivity index (χ1) is 17.7. The summed E-state index contributed by atoms with van der Waals surface area (Å²) in [7, 11) is 1.37. The van der Waals surface area contributed by atoms with Gasteiger partial charge in [-0.05, 0) is 74.8 Å². The Labute approximate surface area is 230 Å². The molecule has 0 fully saturated rings. The average molecular weight is 563 g/mol. The zero-order chi connectivity index (χ0) is 26.7. The van der Waals surface area contributed by atoms with Gasteiger partial charge in [-0.25, -0.2) is 4.79 Å². The molecular weight excluding hydrogens is 532 g/mol. The maximum absolute atomic E-state index is 12.9. The number of halogens is 1. The van der Waals surface area contributed by atoms with E-state index in [2.05, 4.69) is 22.4 Å². The van der Waals surface area contributed by atoms with E-state index in [9.17, 15) is 9.59 Å². The Bertz CT molecular complexity index is 1300. The minimum Gasteiger partial charge on any atom is -0.486 e. The van der Waals surface area contributed by atoms with Crippen molar-refractivity contribution >= 4 is 51.6 Å². The molecule has 1 N–H and O–H groups in total. The molecule has 37 heavy (non-hydrogen) atoms. The van der Waals surface area contributed by atoms with Crippen LogP contribution in [0.2, 0.25) is 5.02 Å². The molecular formula is C26H31ClN4O4S2. The number of nitrogens with one attached hydrogen (secondary N) is 1. The van der Waals surface area contributed by atoms with Crippen LogP contribution >= 0.6 is 34.7 Å². The summed E-state index contributed by atoms with van der Waals surface area (Å²) in [5, 5.41) is 13.4. The molecule has 1 aromatic carbocycles. The molecule has 0 bridgehead atoms. The summed E-state index contributed by atoms with van der Waals surface area (Å²) in [5.41, 5.74) is 3.41. The van der Waals surface area contributed by atoms with Crippen molar-refractivity contribution in [3.05, 3.63) is 50.1 Å². The van der Waals surface area contributed by atoms with E-state index in [1.165, 1.54) is 30.2 Å². The van der Waals surface area contributed by atoms with E-state index in [0.717, 1.165) is 45.9 Å². The van der Waals surface area contributed by atoms with Gasteiger partial charge in [-0.15, -0.1) is 21.5 Å². The highest BCUT2D eigenvalue weighted by Crippen LogP contribution is 2.40. The molecule has 1 unspecified atom stereocenters. The number of thiophene rings is 1. The van der Waals surface area contributed by atoms with E-state index in [-0.39, 0.29) is 18.3 Å². The van der Waals surface area contributed by atoms with Crippen molar-refractivity contribution < 1.29 is 19.1 Å². The number of benzene rings is 1. The number of aromatic nitrogens is 3. The fraction of sp³-hybridized carbons (Fsp3) is 0.462. The highest BCUT2D eigenvalue weighted by Gasteiger charge is 2.29. The van der Waals surface area contributed by atoms with Crippen LogP contribution in [0.5, 0.6) is 5.75 Å². The second kappa shape index (κ2) is 11.9. The van der Waals surface area contributed by atoms with Crippen LogP contribution in [-0.4, -0.2) is 39.5 Å². The molecule has 0 saturated carbocycles. The minimum atomic E-state index is -0.406. The van der Waals surface area contributed by atoms with Gasteiger partial charge in [0.2, 0.25) is 5.91 Å². The lowest BCUT2D eigenvalue weighted by Crippen LogP contribution is -2.17. The Morgan fingerprint density at radius 1 is 1.27 bits per heavy atom. The van der Waals surface area contributed by atoms with E-state index >= 15 is 0 Å². The van der Waals surface area contributed by atoms with Gasteiger partial charge in [0.1, 0.15) is 17.4 Å². The Morgan fingerprint density at radius 2 is 2.00 bits per heavy atom. The van der Waals surface area contributed by atoms with Crippen LogP contribution in [0.3, 0.4) is 0 Å². The maximum Gasteiger partial charge on any atom is 0.341 e. The Hall–Kier alpha value is -2.56. The van der Waals surface area contributed by atoms with Crippen LogP contribution < -0.4 is 10.1 Å². The lowest BCUT2D eigenvalue weighted by Gasteiger charge is -2.18. The third-order valence-electron chi connectivity index (χ3n) is 6.37. The summed E-state index contributed by atoms with van der Waals surface area (Å²) in [5.74, 6) is 1.46. The van der Waals surface area contributed by atoms with Crippen molar-refractivity contribution in [1.82, 2.24) is 14.8 Å². The number of hydrogen-bond acceptors (Lipinski definition) is 8. The van der Waals surface area contributed by atoms with Gasteiger partial charge in [-0.2, -0.15) is 0 Å². The first-order valence-electron chi connectivity index (χ1n) is 12.2. The topological polar surface area (TPSA) is 95.3 Å². The van der Waals surface area contributed by atoms with E-state index in [4.69, 9.17) is 21.1 Å². The number of esters is 1. The molecule has 2 aromatic heterocycles. The smallest absolute Gasteiger partial charge is 0.341 e. The largest absolute Gasteiger partial charge is 0.486 e. The van der Waals surface area contributed by atoms with Gasteiger partial charge in [0, 0.05) is 16.4 Å². The summed E-state index contributed by atoms with van der Waals surface area (Å²) >= 11 is 9.03. The normalized spacial score (nSPS) is 14.8. The summed E-state index contributed by atoms with van der Waals surface area (Å²) in [4.78, 5) is 26.5. The summed E-state index contributed by atoms with van der Waals surface area (Å²) in [6, 6.07) is 3.79. The SMILES string of the molecule is CCn1c(COc2cc(C)c(Cl)c(C)c2)nnc1SCC(=O)Nc1sc2c(c1C(=O)OC)CCC(C)C2. The Morgan fingerprint density at radius 3 is 2.68 bits per heavy atom. The molecule has 1 amide bonds. The third kappa shape index (κ3) is 6.13. The molecule has 8 nitrogen and oxygen atoms in total. The van der Waals surface area contributed by atoms with Crippen LogP contribution in [0.15, 0.2) is 17.3 Å². The number of nitrogens with zero attached hydrogens (tertiary/aromatic N) is 3. The molecule has 1 aliphatic carbocycles.